The van der Waals surface area contributed by atoms with Crippen molar-refractivity contribution >= 4 is 40.0 Å². The third-order valence-electron chi connectivity index (χ3n) is 3.93. The number of carbonyl (C=O) groups excluding carboxylic acids is 2. The van der Waals surface area contributed by atoms with Gasteiger partial charge in [-0.15, -0.1) is 10.2 Å². The summed E-state index contributed by atoms with van der Waals surface area (Å²) in [5.41, 5.74) is 4.88. The van der Waals surface area contributed by atoms with Crippen LogP contribution < -0.4 is 10.6 Å². The highest BCUT2D eigenvalue weighted by Crippen LogP contribution is 2.29. The molecule has 3 aromatic rings. The van der Waals surface area contributed by atoms with E-state index < -0.39 is 0 Å². The number of carbonyl (C=O) groups is 2. The molecule has 0 saturated carbocycles. The van der Waals surface area contributed by atoms with E-state index in [-0.39, 0.29) is 11.8 Å². The minimum absolute atomic E-state index is 0.125. The lowest BCUT2D eigenvalue weighted by Gasteiger charge is -2.02. The van der Waals surface area contributed by atoms with Crippen LogP contribution in [0.5, 0.6) is 0 Å². The van der Waals surface area contributed by atoms with Crippen LogP contribution in [-0.2, 0) is 9.59 Å². The minimum atomic E-state index is -0.283. The summed E-state index contributed by atoms with van der Waals surface area (Å²) in [4.78, 5) is 23.2. The molecular weight excluding hydrogens is 372 g/mol. The number of nitrogens with one attached hydrogen (secondary N) is 2. The predicted octanol–water partition coefficient (Wildman–Crippen LogP) is 4.43. The van der Waals surface area contributed by atoms with E-state index in [2.05, 4.69) is 26.9 Å². The Labute approximate surface area is 167 Å². The lowest BCUT2D eigenvalue weighted by molar-refractivity contribution is -0.114. The second-order valence-corrected chi connectivity index (χ2v) is 7.33. The van der Waals surface area contributed by atoms with Crippen molar-refractivity contribution < 1.29 is 9.59 Å². The average molecular weight is 392 g/mol. The lowest BCUT2D eigenvalue weighted by Crippen LogP contribution is -2.07. The maximum atomic E-state index is 12.1. The number of nitrogens with zero attached hydrogens (tertiary/aromatic N) is 2. The number of amides is 2. The molecule has 0 aliphatic heterocycles. The van der Waals surface area contributed by atoms with Crippen molar-refractivity contribution in [1.82, 2.24) is 10.2 Å². The Balaban J connectivity index is 1.63. The Morgan fingerprint density at radius 1 is 1.00 bits per heavy atom. The smallest absolute Gasteiger partial charge is 0.250 e. The van der Waals surface area contributed by atoms with Crippen molar-refractivity contribution in [2.45, 2.75) is 20.8 Å². The topological polar surface area (TPSA) is 84.0 Å². The first kappa shape index (κ1) is 19.4. The SMILES string of the molecule is CC(=O)Nc1ccc(C=CC(=O)Nc2nnc(-c3ccc(C)cc3C)s2)cc1. The van der Waals surface area contributed by atoms with E-state index in [0.29, 0.717) is 10.8 Å². The van der Waals surface area contributed by atoms with Crippen LogP contribution in [0.4, 0.5) is 10.8 Å². The van der Waals surface area contributed by atoms with Crippen molar-refractivity contribution in [1.29, 1.82) is 0 Å². The summed E-state index contributed by atoms with van der Waals surface area (Å²) in [6, 6.07) is 13.3. The number of aryl methyl sites for hydroxylation is 2. The molecule has 6 nitrogen and oxygen atoms in total. The zero-order chi connectivity index (χ0) is 20.1. The molecule has 0 atom stereocenters. The Hall–Kier alpha value is -3.32. The van der Waals surface area contributed by atoms with Gasteiger partial charge in [0.1, 0.15) is 5.01 Å². The number of anilines is 2. The summed E-state index contributed by atoms with van der Waals surface area (Å²) >= 11 is 1.34. The molecule has 0 saturated heterocycles. The minimum Gasteiger partial charge on any atom is -0.326 e. The molecular formula is C21H20N4O2S. The third-order valence-corrected chi connectivity index (χ3v) is 4.80. The summed E-state index contributed by atoms with van der Waals surface area (Å²) in [5.74, 6) is -0.408. The first-order valence-electron chi connectivity index (χ1n) is 8.68. The number of benzene rings is 2. The fraction of sp³-hybridized carbons (Fsp3) is 0.143. The Morgan fingerprint density at radius 2 is 1.75 bits per heavy atom. The molecule has 142 valence electrons. The highest BCUT2D eigenvalue weighted by molar-refractivity contribution is 7.18. The summed E-state index contributed by atoms with van der Waals surface area (Å²) in [6.45, 7) is 5.53. The van der Waals surface area contributed by atoms with Gasteiger partial charge < -0.3 is 5.32 Å². The van der Waals surface area contributed by atoms with Gasteiger partial charge in [0.05, 0.1) is 0 Å². The Morgan fingerprint density at radius 3 is 2.43 bits per heavy atom. The molecule has 1 heterocycles. The van der Waals surface area contributed by atoms with E-state index in [1.54, 1.807) is 18.2 Å². The van der Waals surface area contributed by atoms with Crippen LogP contribution in [0.2, 0.25) is 0 Å². The van der Waals surface area contributed by atoms with Crippen LogP contribution in [0.1, 0.15) is 23.6 Å². The summed E-state index contributed by atoms with van der Waals surface area (Å²) < 4.78 is 0. The van der Waals surface area contributed by atoms with Gasteiger partial charge in [0.15, 0.2) is 0 Å². The molecule has 7 heteroatoms. The molecule has 0 spiro atoms. The molecule has 2 aromatic carbocycles. The van der Waals surface area contributed by atoms with E-state index in [1.807, 2.05) is 38.1 Å². The fourth-order valence-corrected chi connectivity index (χ4v) is 3.47. The lowest BCUT2D eigenvalue weighted by atomic mass is 10.1. The number of hydrogen-bond acceptors (Lipinski definition) is 5. The van der Waals surface area contributed by atoms with Gasteiger partial charge >= 0.3 is 0 Å². The van der Waals surface area contributed by atoms with Crippen LogP contribution in [0, 0.1) is 13.8 Å². The number of rotatable bonds is 5. The normalized spacial score (nSPS) is 10.8. The molecule has 2 amide bonds. The second kappa shape index (κ2) is 8.58. The first-order valence-corrected chi connectivity index (χ1v) is 9.50. The van der Waals surface area contributed by atoms with Crippen LogP contribution >= 0.6 is 11.3 Å². The average Bonchev–Trinajstić information content (AvgIpc) is 3.08. The highest BCUT2D eigenvalue weighted by atomic mass is 32.1. The van der Waals surface area contributed by atoms with Gasteiger partial charge in [0.2, 0.25) is 16.9 Å². The van der Waals surface area contributed by atoms with Gasteiger partial charge in [0, 0.05) is 24.3 Å². The molecule has 0 radical (unpaired) electrons. The van der Waals surface area contributed by atoms with E-state index >= 15 is 0 Å². The molecule has 0 fully saturated rings. The number of aromatic nitrogens is 2. The van der Waals surface area contributed by atoms with Gasteiger partial charge in [-0.05, 0) is 43.2 Å². The second-order valence-electron chi connectivity index (χ2n) is 6.36. The molecule has 3 rings (SSSR count). The van der Waals surface area contributed by atoms with Gasteiger partial charge in [-0.2, -0.15) is 0 Å². The van der Waals surface area contributed by atoms with Gasteiger partial charge in [0.25, 0.3) is 0 Å². The van der Waals surface area contributed by atoms with Crippen molar-refractivity contribution in [3.8, 4) is 10.6 Å². The maximum Gasteiger partial charge on any atom is 0.250 e. The third kappa shape index (κ3) is 5.11. The fourth-order valence-electron chi connectivity index (χ4n) is 2.64. The Kier molecular flexibility index (Phi) is 5.96. The molecule has 0 bridgehead atoms. The van der Waals surface area contributed by atoms with Crippen LogP contribution in [0.15, 0.2) is 48.5 Å². The Bertz CT molecular complexity index is 1040. The highest BCUT2D eigenvalue weighted by Gasteiger charge is 2.10. The predicted molar refractivity (Wildman–Crippen MR) is 113 cm³/mol. The quantitative estimate of drug-likeness (QED) is 0.629. The number of hydrogen-bond donors (Lipinski definition) is 2. The first-order chi connectivity index (χ1) is 13.4. The monoisotopic (exact) mass is 392 g/mol. The standard InChI is InChI=1S/C21H20N4O2S/c1-13-4-10-18(14(2)12-13)20-24-25-21(28-20)23-19(27)11-7-16-5-8-17(9-6-16)22-15(3)26/h4-12H,1-3H3,(H,22,26)(H,23,25,27). The maximum absolute atomic E-state index is 12.1. The molecule has 0 aliphatic rings. The molecule has 1 aromatic heterocycles. The van der Waals surface area contributed by atoms with Gasteiger partial charge in [-0.3, -0.25) is 14.9 Å². The molecule has 0 aliphatic carbocycles. The molecule has 28 heavy (non-hydrogen) atoms. The van der Waals surface area contributed by atoms with Crippen molar-refractivity contribution in [3.05, 3.63) is 65.2 Å². The van der Waals surface area contributed by atoms with Gasteiger partial charge in [-0.25, -0.2) is 0 Å². The summed E-state index contributed by atoms with van der Waals surface area (Å²) in [6.07, 6.45) is 3.13. The van der Waals surface area contributed by atoms with Crippen LogP contribution in [-0.4, -0.2) is 22.0 Å². The zero-order valence-electron chi connectivity index (χ0n) is 15.8. The molecule has 0 unspecified atom stereocenters. The van der Waals surface area contributed by atoms with Crippen molar-refractivity contribution in [2.24, 2.45) is 0 Å². The van der Waals surface area contributed by atoms with Crippen LogP contribution in [0.3, 0.4) is 0 Å². The largest absolute Gasteiger partial charge is 0.326 e. The van der Waals surface area contributed by atoms with Crippen molar-refractivity contribution in [3.63, 3.8) is 0 Å². The van der Waals surface area contributed by atoms with E-state index in [1.165, 1.54) is 29.9 Å². The zero-order valence-corrected chi connectivity index (χ0v) is 16.6. The van der Waals surface area contributed by atoms with E-state index in [4.69, 9.17) is 0 Å². The van der Waals surface area contributed by atoms with E-state index in [0.717, 1.165) is 21.7 Å². The van der Waals surface area contributed by atoms with E-state index in [9.17, 15) is 9.59 Å². The summed E-state index contributed by atoms with van der Waals surface area (Å²) in [5, 5.41) is 14.9. The van der Waals surface area contributed by atoms with Gasteiger partial charge in [-0.1, -0.05) is 47.2 Å². The summed E-state index contributed by atoms with van der Waals surface area (Å²) in [7, 11) is 0. The molecule has 2 N–H and O–H groups in total. The van der Waals surface area contributed by atoms with Crippen LogP contribution in [0.25, 0.3) is 16.6 Å². The van der Waals surface area contributed by atoms with Crippen molar-refractivity contribution in [2.75, 3.05) is 10.6 Å².